The number of halogens is 1. The molecular weight excluding hydrogens is 456 g/mol. The average molecular weight is 479 g/mol. The van der Waals surface area contributed by atoms with E-state index in [9.17, 15) is 22.8 Å². The number of amides is 3. The van der Waals surface area contributed by atoms with Crippen LogP contribution in [-0.4, -0.2) is 50.6 Å². The lowest BCUT2D eigenvalue weighted by Crippen LogP contribution is -2.48. The Morgan fingerprint density at radius 2 is 1.84 bits per heavy atom. The Kier molecular flexibility index (Phi) is 7.17. The minimum absolute atomic E-state index is 0.0179. The van der Waals surface area contributed by atoms with Gasteiger partial charge in [-0.2, -0.15) is 4.31 Å². The third kappa shape index (κ3) is 5.45. The van der Waals surface area contributed by atoms with E-state index in [1.807, 2.05) is 6.92 Å². The van der Waals surface area contributed by atoms with E-state index in [0.717, 1.165) is 9.87 Å². The van der Waals surface area contributed by atoms with Gasteiger partial charge in [-0.15, -0.1) is 0 Å². The van der Waals surface area contributed by atoms with Crippen molar-refractivity contribution in [1.82, 2.24) is 15.2 Å². The summed E-state index contributed by atoms with van der Waals surface area (Å²) in [6.07, 6.45) is -0.0179. The molecule has 2 aromatic carbocycles. The maximum atomic E-state index is 12.6. The molecule has 1 aliphatic rings. The number of anilines is 1. The molecule has 32 heavy (non-hydrogen) atoms. The molecule has 3 amide bonds. The summed E-state index contributed by atoms with van der Waals surface area (Å²) in [5, 5.41) is 0.472. The summed E-state index contributed by atoms with van der Waals surface area (Å²) >= 11 is 5.96. The Morgan fingerprint density at radius 1 is 1.16 bits per heavy atom. The van der Waals surface area contributed by atoms with Gasteiger partial charge in [0.1, 0.15) is 0 Å². The van der Waals surface area contributed by atoms with Crippen molar-refractivity contribution in [3.63, 3.8) is 0 Å². The van der Waals surface area contributed by atoms with Crippen LogP contribution >= 0.6 is 11.6 Å². The highest BCUT2D eigenvalue weighted by Crippen LogP contribution is 2.27. The predicted molar refractivity (Wildman–Crippen MR) is 119 cm³/mol. The Labute approximate surface area is 191 Å². The molecule has 2 aromatic rings. The van der Waals surface area contributed by atoms with Gasteiger partial charge in [0.25, 0.3) is 5.91 Å². The first-order valence-electron chi connectivity index (χ1n) is 9.75. The van der Waals surface area contributed by atoms with Crippen LogP contribution < -0.4 is 15.8 Å². The lowest BCUT2D eigenvalue weighted by molar-refractivity contribution is -0.131. The number of hydrazine groups is 1. The summed E-state index contributed by atoms with van der Waals surface area (Å²) < 4.78 is 26.0. The second-order valence-corrected chi connectivity index (χ2v) is 9.98. The van der Waals surface area contributed by atoms with Crippen molar-refractivity contribution < 1.29 is 22.8 Å². The minimum atomic E-state index is -3.86. The van der Waals surface area contributed by atoms with Crippen LogP contribution in [0.1, 0.15) is 12.0 Å². The topological polar surface area (TPSA) is 116 Å². The van der Waals surface area contributed by atoms with Gasteiger partial charge in [0.05, 0.1) is 17.4 Å². The minimum Gasteiger partial charge on any atom is -0.312 e. The van der Waals surface area contributed by atoms with E-state index >= 15 is 0 Å². The van der Waals surface area contributed by atoms with Gasteiger partial charge in [-0.1, -0.05) is 35.4 Å². The molecule has 0 aromatic heterocycles. The highest BCUT2D eigenvalue weighted by atomic mass is 35.5. The SMILES string of the molecule is Cc1ccc(S(=O)(=O)N(C)CC(=O)NNC(=O)C2CC(=O)N(c3cccc(Cl)c3)C2)cc1. The fourth-order valence-corrected chi connectivity index (χ4v) is 4.54. The van der Waals surface area contributed by atoms with Crippen molar-refractivity contribution in [2.75, 3.05) is 25.0 Å². The summed E-state index contributed by atoms with van der Waals surface area (Å²) in [5.74, 6) is -2.16. The Morgan fingerprint density at radius 3 is 2.50 bits per heavy atom. The van der Waals surface area contributed by atoms with Gasteiger partial charge in [-0.3, -0.25) is 25.2 Å². The zero-order chi connectivity index (χ0) is 23.5. The van der Waals surface area contributed by atoms with E-state index < -0.39 is 34.3 Å². The molecule has 9 nitrogen and oxygen atoms in total. The van der Waals surface area contributed by atoms with E-state index in [1.54, 1.807) is 36.4 Å². The number of hydrogen-bond acceptors (Lipinski definition) is 5. The van der Waals surface area contributed by atoms with Crippen molar-refractivity contribution in [2.24, 2.45) is 5.92 Å². The van der Waals surface area contributed by atoms with Crippen molar-refractivity contribution in [2.45, 2.75) is 18.2 Å². The summed E-state index contributed by atoms with van der Waals surface area (Å²) in [7, 11) is -2.58. The second kappa shape index (κ2) is 9.68. The monoisotopic (exact) mass is 478 g/mol. The van der Waals surface area contributed by atoms with Gasteiger partial charge in [0, 0.05) is 30.7 Å². The average Bonchev–Trinajstić information content (AvgIpc) is 3.14. The van der Waals surface area contributed by atoms with E-state index in [4.69, 9.17) is 11.6 Å². The molecule has 1 heterocycles. The number of aryl methyl sites for hydroxylation is 1. The van der Waals surface area contributed by atoms with Crippen LogP contribution in [0.3, 0.4) is 0 Å². The molecule has 0 spiro atoms. The van der Waals surface area contributed by atoms with Gasteiger partial charge in [-0.25, -0.2) is 8.42 Å². The molecule has 1 fully saturated rings. The number of carbonyl (C=O) groups is 3. The second-order valence-electron chi connectivity index (χ2n) is 7.50. The number of carbonyl (C=O) groups excluding carboxylic acids is 3. The number of nitrogens with one attached hydrogen (secondary N) is 2. The van der Waals surface area contributed by atoms with Gasteiger partial charge >= 0.3 is 0 Å². The first-order chi connectivity index (χ1) is 15.1. The molecule has 0 saturated carbocycles. The molecule has 2 N–H and O–H groups in total. The summed E-state index contributed by atoms with van der Waals surface area (Å²) in [6.45, 7) is 1.49. The maximum Gasteiger partial charge on any atom is 0.253 e. The maximum absolute atomic E-state index is 12.6. The summed E-state index contributed by atoms with van der Waals surface area (Å²) in [4.78, 5) is 38.4. The van der Waals surface area contributed by atoms with E-state index in [-0.39, 0.29) is 23.8 Å². The number of hydrogen-bond donors (Lipinski definition) is 2. The smallest absolute Gasteiger partial charge is 0.253 e. The molecule has 11 heteroatoms. The number of rotatable bonds is 6. The number of sulfonamides is 1. The van der Waals surface area contributed by atoms with E-state index in [0.29, 0.717) is 10.7 Å². The van der Waals surface area contributed by atoms with Crippen LogP contribution in [0, 0.1) is 12.8 Å². The molecule has 170 valence electrons. The highest BCUT2D eigenvalue weighted by molar-refractivity contribution is 7.89. The van der Waals surface area contributed by atoms with Gasteiger partial charge in [0.2, 0.25) is 21.8 Å². The van der Waals surface area contributed by atoms with Gasteiger partial charge in [-0.05, 0) is 37.3 Å². The third-order valence-electron chi connectivity index (χ3n) is 5.04. The molecule has 0 radical (unpaired) electrons. The van der Waals surface area contributed by atoms with Crippen LogP contribution in [0.25, 0.3) is 0 Å². The Balaban J connectivity index is 1.53. The van der Waals surface area contributed by atoms with Gasteiger partial charge in [0.15, 0.2) is 0 Å². The van der Waals surface area contributed by atoms with Crippen LogP contribution in [0.5, 0.6) is 0 Å². The molecule has 0 bridgehead atoms. The first kappa shape index (κ1) is 23.7. The number of nitrogens with zero attached hydrogens (tertiary/aromatic N) is 2. The number of likely N-dealkylation sites (N-methyl/N-ethyl adjacent to an activating group) is 1. The molecular formula is C21H23ClN4O5S. The fourth-order valence-electron chi connectivity index (χ4n) is 3.23. The van der Waals surface area contributed by atoms with Crippen LogP contribution in [0.2, 0.25) is 5.02 Å². The van der Waals surface area contributed by atoms with Crippen molar-refractivity contribution in [3.05, 3.63) is 59.1 Å². The quantitative estimate of drug-likeness (QED) is 0.610. The van der Waals surface area contributed by atoms with Crippen LogP contribution in [-0.2, 0) is 24.4 Å². The summed E-state index contributed by atoms with van der Waals surface area (Å²) in [5.41, 5.74) is 5.97. The molecule has 1 aliphatic heterocycles. The summed E-state index contributed by atoms with van der Waals surface area (Å²) in [6, 6.07) is 13.0. The highest BCUT2D eigenvalue weighted by Gasteiger charge is 2.35. The Hall–Kier alpha value is -2.95. The molecule has 0 aliphatic carbocycles. The van der Waals surface area contributed by atoms with E-state index in [2.05, 4.69) is 10.9 Å². The van der Waals surface area contributed by atoms with E-state index in [1.165, 1.54) is 24.1 Å². The molecule has 1 unspecified atom stereocenters. The van der Waals surface area contributed by atoms with Crippen molar-refractivity contribution in [1.29, 1.82) is 0 Å². The van der Waals surface area contributed by atoms with Crippen molar-refractivity contribution in [3.8, 4) is 0 Å². The largest absolute Gasteiger partial charge is 0.312 e. The fraction of sp³-hybridized carbons (Fsp3) is 0.286. The number of benzene rings is 2. The molecule has 3 rings (SSSR count). The third-order valence-corrected chi connectivity index (χ3v) is 7.09. The molecule has 1 saturated heterocycles. The zero-order valence-electron chi connectivity index (χ0n) is 17.5. The predicted octanol–water partition coefficient (Wildman–Crippen LogP) is 1.47. The van der Waals surface area contributed by atoms with Gasteiger partial charge < -0.3 is 4.90 Å². The standard InChI is InChI=1S/C21H23ClN4O5S/c1-14-6-8-18(9-7-14)32(30,31)25(2)13-19(27)23-24-21(29)15-10-20(28)26(12-15)17-5-3-4-16(22)11-17/h3-9,11,15H,10,12-13H2,1-2H3,(H,23,27)(H,24,29). The van der Waals surface area contributed by atoms with Crippen molar-refractivity contribution >= 4 is 45.0 Å². The lowest BCUT2D eigenvalue weighted by Gasteiger charge is -2.18. The zero-order valence-corrected chi connectivity index (χ0v) is 19.1. The van der Waals surface area contributed by atoms with Crippen LogP contribution in [0.4, 0.5) is 5.69 Å². The van der Waals surface area contributed by atoms with Crippen LogP contribution in [0.15, 0.2) is 53.4 Å². The normalized spacial score (nSPS) is 16.3. The molecule has 1 atom stereocenters. The first-order valence-corrected chi connectivity index (χ1v) is 11.6. The Bertz CT molecular complexity index is 1140. The lowest BCUT2D eigenvalue weighted by atomic mass is 10.1.